The second-order valence-electron chi connectivity index (χ2n) is 4.62. The summed E-state index contributed by atoms with van der Waals surface area (Å²) in [5, 5.41) is 2.92. The molecule has 0 spiro atoms. The van der Waals surface area contributed by atoms with E-state index in [2.05, 4.69) is 20.9 Å². The van der Waals surface area contributed by atoms with Crippen molar-refractivity contribution in [2.45, 2.75) is 13.3 Å². The van der Waals surface area contributed by atoms with Crippen LogP contribution in [0.3, 0.4) is 0 Å². The first kappa shape index (κ1) is 13.5. The summed E-state index contributed by atoms with van der Waals surface area (Å²) < 4.78 is 1.01. The zero-order chi connectivity index (χ0) is 14.1. The average molecular weight is 346 g/mol. The minimum absolute atomic E-state index is 0.134. The summed E-state index contributed by atoms with van der Waals surface area (Å²) in [6.45, 7) is 1.92. The van der Waals surface area contributed by atoms with Crippen LogP contribution < -0.4 is 0 Å². The number of halogens is 1. The van der Waals surface area contributed by atoms with Gasteiger partial charge in [0.15, 0.2) is 5.78 Å². The Morgan fingerprint density at radius 3 is 2.85 bits per heavy atom. The summed E-state index contributed by atoms with van der Waals surface area (Å²) in [5.41, 5.74) is 2.51. The molecule has 0 radical (unpaired) electrons. The van der Waals surface area contributed by atoms with Gasteiger partial charge in [0, 0.05) is 32.4 Å². The van der Waals surface area contributed by atoms with Crippen LogP contribution in [0.5, 0.6) is 0 Å². The van der Waals surface area contributed by atoms with Crippen LogP contribution in [-0.4, -0.2) is 10.8 Å². The fraction of sp³-hybridized carbons (Fsp3) is 0.125. The molecule has 0 saturated carbocycles. The minimum atomic E-state index is 0.134. The first-order valence-corrected chi connectivity index (χ1v) is 7.94. The minimum Gasteiger partial charge on any atom is -0.294 e. The lowest BCUT2D eigenvalue weighted by Gasteiger charge is -2.06. The lowest BCUT2D eigenvalue weighted by molar-refractivity contribution is 0.0995. The summed E-state index contributed by atoms with van der Waals surface area (Å²) in [6.07, 6.45) is 0.422. The van der Waals surface area contributed by atoms with E-state index in [0.717, 1.165) is 31.5 Å². The van der Waals surface area contributed by atoms with Gasteiger partial charge in [0.05, 0.1) is 5.52 Å². The molecule has 0 bridgehead atoms. The fourth-order valence-electron chi connectivity index (χ4n) is 2.23. The van der Waals surface area contributed by atoms with Gasteiger partial charge in [-0.3, -0.25) is 9.78 Å². The summed E-state index contributed by atoms with van der Waals surface area (Å²) in [7, 11) is 0. The van der Waals surface area contributed by atoms with Crippen LogP contribution in [0.25, 0.3) is 10.9 Å². The number of nitrogens with zero attached hydrogens (tertiary/aromatic N) is 1. The number of carbonyl (C=O) groups is 1. The number of benzene rings is 1. The van der Waals surface area contributed by atoms with Crippen LogP contribution >= 0.6 is 27.3 Å². The normalized spacial score (nSPS) is 10.9. The van der Waals surface area contributed by atoms with Crippen molar-refractivity contribution in [3.05, 3.63) is 62.4 Å². The van der Waals surface area contributed by atoms with Gasteiger partial charge in [-0.2, -0.15) is 0 Å². The van der Waals surface area contributed by atoms with E-state index < -0.39 is 0 Å². The number of carbonyl (C=O) groups excluding carboxylic acids is 1. The molecule has 20 heavy (non-hydrogen) atoms. The molecule has 100 valence electrons. The quantitative estimate of drug-likeness (QED) is 0.638. The second kappa shape index (κ2) is 5.46. The zero-order valence-electron chi connectivity index (χ0n) is 10.9. The average Bonchev–Trinajstić information content (AvgIpc) is 2.83. The molecule has 0 N–H and O–H groups in total. The van der Waals surface area contributed by atoms with E-state index in [-0.39, 0.29) is 5.78 Å². The number of ketones is 1. The number of pyridine rings is 1. The summed E-state index contributed by atoms with van der Waals surface area (Å²) in [4.78, 5) is 18.1. The number of aryl methyl sites for hydroxylation is 1. The molecule has 4 heteroatoms. The number of fused-ring (bicyclic) bond motifs is 1. The lowest BCUT2D eigenvalue weighted by atomic mass is 10.0. The number of hydrogen-bond donors (Lipinski definition) is 0. The smallest absolute Gasteiger partial charge is 0.168 e. The van der Waals surface area contributed by atoms with Gasteiger partial charge in [-0.05, 0) is 46.4 Å². The van der Waals surface area contributed by atoms with Gasteiger partial charge in [0.25, 0.3) is 0 Å². The van der Waals surface area contributed by atoms with E-state index in [4.69, 9.17) is 0 Å². The highest BCUT2D eigenvalue weighted by atomic mass is 79.9. The maximum Gasteiger partial charge on any atom is 0.168 e. The molecule has 2 nitrogen and oxygen atoms in total. The highest BCUT2D eigenvalue weighted by Crippen LogP contribution is 2.26. The molecule has 3 aromatic rings. The Labute approximate surface area is 129 Å². The predicted molar refractivity (Wildman–Crippen MR) is 86.5 cm³/mol. The molecule has 0 saturated heterocycles. The van der Waals surface area contributed by atoms with Gasteiger partial charge in [-0.1, -0.05) is 18.2 Å². The summed E-state index contributed by atoms with van der Waals surface area (Å²) >= 11 is 5.08. The van der Waals surface area contributed by atoms with Crippen LogP contribution in [-0.2, 0) is 6.42 Å². The number of para-hydroxylation sites is 1. The molecule has 0 aliphatic rings. The van der Waals surface area contributed by atoms with Crippen molar-refractivity contribution in [3.63, 3.8) is 0 Å². The van der Waals surface area contributed by atoms with Crippen LogP contribution in [0.15, 0.2) is 46.3 Å². The third-order valence-electron chi connectivity index (χ3n) is 3.16. The number of thiophene rings is 1. The van der Waals surface area contributed by atoms with E-state index in [1.165, 1.54) is 0 Å². The Bertz CT molecular complexity index is 794. The molecule has 0 fully saturated rings. The highest BCUT2D eigenvalue weighted by Gasteiger charge is 2.14. The summed E-state index contributed by atoms with van der Waals surface area (Å²) in [5.74, 6) is 0.134. The highest BCUT2D eigenvalue weighted by molar-refractivity contribution is 9.10. The van der Waals surface area contributed by atoms with Gasteiger partial charge in [0.1, 0.15) is 0 Å². The van der Waals surface area contributed by atoms with Crippen LogP contribution in [0.1, 0.15) is 20.9 Å². The molecule has 0 amide bonds. The molecule has 2 aromatic heterocycles. The molecule has 0 unspecified atom stereocenters. The lowest BCUT2D eigenvalue weighted by Crippen LogP contribution is -2.05. The van der Waals surface area contributed by atoms with Crippen molar-refractivity contribution in [2.75, 3.05) is 0 Å². The maximum absolute atomic E-state index is 12.6. The third kappa shape index (κ3) is 2.53. The second-order valence-corrected chi connectivity index (χ2v) is 6.48. The van der Waals surface area contributed by atoms with Gasteiger partial charge in [0.2, 0.25) is 0 Å². The molecular formula is C16H12BrNOS. The van der Waals surface area contributed by atoms with E-state index in [1.807, 2.05) is 48.7 Å². The van der Waals surface area contributed by atoms with Crippen molar-refractivity contribution in [3.8, 4) is 0 Å². The third-order valence-corrected chi connectivity index (χ3v) is 5.08. The monoisotopic (exact) mass is 345 g/mol. The summed E-state index contributed by atoms with van der Waals surface area (Å²) in [6, 6.07) is 11.6. The Kier molecular flexibility index (Phi) is 3.68. The Morgan fingerprint density at radius 2 is 2.10 bits per heavy atom. The number of rotatable bonds is 3. The van der Waals surface area contributed by atoms with Crippen LogP contribution in [0, 0.1) is 6.92 Å². The van der Waals surface area contributed by atoms with E-state index in [0.29, 0.717) is 6.42 Å². The number of Topliss-reactive ketones (excluding diaryl/α,β-unsaturated/α-hetero) is 1. The molecular weight excluding hydrogens is 334 g/mol. The molecule has 1 aromatic carbocycles. The predicted octanol–water partition coefficient (Wildman–Crippen LogP) is 4.79. The molecule has 0 atom stereocenters. The molecule has 3 rings (SSSR count). The largest absolute Gasteiger partial charge is 0.294 e. The first-order chi connectivity index (χ1) is 9.65. The van der Waals surface area contributed by atoms with Crippen molar-refractivity contribution >= 4 is 44.0 Å². The molecule has 2 heterocycles. The van der Waals surface area contributed by atoms with Crippen molar-refractivity contribution in [2.24, 2.45) is 0 Å². The maximum atomic E-state index is 12.6. The Hall–Kier alpha value is -1.52. The van der Waals surface area contributed by atoms with Crippen molar-refractivity contribution in [1.82, 2.24) is 4.98 Å². The van der Waals surface area contributed by atoms with Gasteiger partial charge in [-0.15, -0.1) is 11.3 Å². The van der Waals surface area contributed by atoms with Gasteiger partial charge < -0.3 is 0 Å². The van der Waals surface area contributed by atoms with Crippen LogP contribution in [0.2, 0.25) is 0 Å². The van der Waals surface area contributed by atoms with E-state index in [9.17, 15) is 4.79 Å². The Morgan fingerprint density at radius 1 is 1.30 bits per heavy atom. The zero-order valence-corrected chi connectivity index (χ0v) is 13.3. The van der Waals surface area contributed by atoms with Gasteiger partial charge >= 0.3 is 0 Å². The van der Waals surface area contributed by atoms with Crippen molar-refractivity contribution < 1.29 is 4.79 Å². The number of aromatic nitrogens is 1. The van der Waals surface area contributed by atoms with E-state index >= 15 is 0 Å². The molecule has 0 aliphatic heterocycles. The van der Waals surface area contributed by atoms with Crippen LogP contribution in [0.4, 0.5) is 0 Å². The van der Waals surface area contributed by atoms with E-state index in [1.54, 1.807) is 11.3 Å². The van der Waals surface area contributed by atoms with Gasteiger partial charge in [-0.25, -0.2) is 0 Å². The Balaban J connectivity index is 2.05. The first-order valence-electron chi connectivity index (χ1n) is 6.26. The topological polar surface area (TPSA) is 30.0 Å². The standard InChI is InChI=1S/C16H12BrNOS/c1-10-8-12(11-4-2-3-5-14(11)18-10)15(19)9-16-13(17)6-7-20-16/h2-8H,9H2,1H3. The molecule has 0 aliphatic carbocycles. The fourth-order valence-corrected chi connectivity index (χ4v) is 3.72. The van der Waals surface area contributed by atoms with Crippen molar-refractivity contribution in [1.29, 1.82) is 0 Å². The number of hydrogen-bond acceptors (Lipinski definition) is 3. The SMILES string of the molecule is Cc1cc(C(=O)Cc2sccc2Br)c2ccccc2n1.